The standard InChI is InChI=1S/C26H24FN5O2/c27-19-8-6-17(7-9-19)24-30-22-11-10-21(16-23(22)31-24)28-25(33)18-12-14-32(15-13-18)26(34)29-20-4-2-1-3-5-20/h1-11,16,18H,12-15H2,(H,28,33)(H,29,34)(H,30,31). The molecule has 3 N–H and O–H groups in total. The number of aromatic nitrogens is 2. The first kappa shape index (κ1) is 21.6. The summed E-state index contributed by atoms with van der Waals surface area (Å²) in [4.78, 5) is 34.8. The van der Waals surface area contributed by atoms with Gasteiger partial charge in [0.05, 0.1) is 11.0 Å². The minimum absolute atomic E-state index is 0.0549. The normalized spacial score (nSPS) is 14.2. The quantitative estimate of drug-likeness (QED) is 0.391. The number of urea groups is 1. The van der Waals surface area contributed by atoms with Gasteiger partial charge in [0.15, 0.2) is 0 Å². The highest BCUT2D eigenvalue weighted by Crippen LogP contribution is 2.25. The SMILES string of the molecule is O=C(Nc1ccc2nc(-c3ccc(F)cc3)[nH]c2c1)C1CCN(C(=O)Nc2ccccc2)CC1. The monoisotopic (exact) mass is 457 g/mol. The number of piperidine rings is 1. The van der Waals surface area contributed by atoms with Gasteiger partial charge >= 0.3 is 6.03 Å². The van der Waals surface area contributed by atoms with Crippen LogP contribution in [0.5, 0.6) is 0 Å². The molecule has 0 unspecified atom stereocenters. The van der Waals surface area contributed by atoms with E-state index in [0.29, 0.717) is 37.4 Å². The number of carbonyl (C=O) groups excluding carboxylic acids is 2. The average Bonchev–Trinajstić information content (AvgIpc) is 3.28. The molecule has 0 saturated carbocycles. The highest BCUT2D eigenvalue weighted by atomic mass is 19.1. The number of carbonyl (C=O) groups is 2. The summed E-state index contributed by atoms with van der Waals surface area (Å²) in [5, 5.41) is 5.88. The predicted molar refractivity (Wildman–Crippen MR) is 130 cm³/mol. The Morgan fingerprint density at radius 1 is 0.912 bits per heavy atom. The third-order valence-electron chi connectivity index (χ3n) is 6.05. The van der Waals surface area contributed by atoms with E-state index < -0.39 is 0 Å². The van der Waals surface area contributed by atoms with Crippen molar-refractivity contribution in [3.05, 3.63) is 78.6 Å². The molecule has 1 saturated heterocycles. The number of para-hydroxylation sites is 1. The first-order valence-electron chi connectivity index (χ1n) is 11.2. The van der Waals surface area contributed by atoms with Crippen molar-refractivity contribution in [1.82, 2.24) is 14.9 Å². The van der Waals surface area contributed by atoms with E-state index in [1.54, 1.807) is 17.0 Å². The van der Waals surface area contributed by atoms with Crippen molar-refractivity contribution in [3.63, 3.8) is 0 Å². The van der Waals surface area contributed by atoms with E-state index in [1.165, 1.54) is 12.1 Å². The second kappa shape index (κ2) is 9.35. The lowest BCUT2D eigenvalue weighted by atomic mass is 9.96. The summed E-state index contributed by atoms with van der Waals surface area (Å²) in [6.07, 6.45) is 1.21. The molecular weight excluding hydrogens is 433 g/mol. The highest BCUT2D eigenvalue weighted by Gasteiger charge is 2.27. The number of H-pyrrole nitrogens is 1. The van der Waals surface area contributed by atoms with E-state index in [-0.39, 0.29) is 23.7 Å². The van der Waals surface area contributed by atoms with Gasteiger partial charge in [-0.05, 0) is 67.4 Å². The summed E-state index contributed by atoms with van der Waals surface area (Å²) in [6, 6.07) is 20.8. The van der Waals surface area contributed by atoms with E-state index in [2.05, 4.69) is 20.6 Å². The van der Waals surface area contributed by atoms with Crippen molar-refractivity contribution in [2.24, 2.45) is 5.92 Å². The molecule has 0 spiro atoms. The summed E-state index contributed by atoms with van der Waals surface area (Å²) in [5.41, 5.74) is 3.76. The maximum absolute atomic E-state index is 13.2. The van der Waals surface area contributed by atoms with E-state index in [9.17, 15) is 14.0 Å². The minimum atomic E-state index is -0.299. The Balaban J connectivity index is 1.18. The van der Waals surface area contributed by atoms with E-state index >= 15 is 0 Å². The van der Waals surface area contributed by atoms with Crippen molar-refractivity contribution in [2.45, 2.75) is 12.8 Å². The van der Waals surface area contributed by atoms with Gasteiger partial charge in [-0.15, -0.1) is 0 Å². The minimum Gasteiger partial charge on any atom is -0.338 e. The number of hydrogen-bond donors (Lipinski definition) is 3. The average molecular weight is 458 g/mol. The van der Waals surface area contributed by atoms with Crippen LogP contribution in [0.25, 0.3) is 22.4 Å². The van der Waals surface area contributed by atoms with Gasteiger partial charge in [0.25, 0.3) is 0 Å². The first-order chi connectivity index (χ1) is 16.5. The third-order valence-corrected chi connectivity index (χ3v) is 6.05. The Kier molecular flexibility index (Phi) is 5.95. The maximum atomic E-state index is 13.2. The molecule has 5 rings (SSSR count). The third kappa shape index (κ3) is 4.76. The Labute approximate surface area is 196 Å². The molecule has 0 bridgehead atoms. The van der Waals surface area contributed by atoms with Crippen LogP contribution >= 0.6 is 0 Å². The molecular formula is C26H24FN5O2. The largest absolute Gasteiger partial charge is 0.338 e. The van der Waals surface area contributed by atoms with Gasteiger partial charge in [-0.1, -0.05) is 18.2 Å². The van der Waals surface area contributed by atoms with Crippen molar-refractivity contribution < 1.29 is 14.0 Å². The number of rotatable bonds is 4. The summed E-state index contributed by atoms with van der Waals surface area (Å²) in [5.74, 6) is 0.126. The lowest BCUT2D eigenvalue weighted by Crippen LogP contribution is -2.43. The molecule has 3 amide bonds. The van der Waals surface area contributed by atoms with Crippen molar-refractivity contribution >= 4 is 34.3 Å². The Morgan fingerprint density at radius 3 is 2.38 bits per heavy atom. The zero-order valence-corrected chi connectivity index (χ0v) is 18.4. The molecule has 34 heavy (non-hydrogen) atoms. The Morgan fingerprint density at radius 2 is 1.65 bits per heavy atom. The van der Waals surface area contributed by atoms with Crippen LogP contribution < -0.4 is 10.6 Å². The zero-order valence-electron chi connectivity index (χ0n) is 18.4. The van der Waals surface area contributed by atoms with Gasteiger partial charge in [-0.2, -0.15) is 0 Å². The molecule has 4 aromatic rings. The number of benzene rings is 3. The number of nitrogens with zero attached hydrogens (tertiary/aromatic N) is 2. The fourth-order valence-electron chi connectivity index (χ4n) is 4.14. The maximum Gasteiger partial charge on any atom is 0.321 e. The summed E-state index contributed by atoms with van der Waals surface area (Å²) in [7, 11) is 0. The zero-order chi connectivity index (χ0) is 23.5. The molecule has 1 aliphatic heterocycles. The van der Waals surface area contributed by atoms with Gasteiger partial charge in [-0.25, -0.2) is 14.2 Å². The van der Waals surface area contributed by atoms with Crippen molar-refractivity contribution in [2.75, 3.05) is 23.7 Å². The summed E-state index contributed by atoms with van der Waals surface area (Å²) >= 11 is 0. The van der Waals surface area contributed by atoms with Crippen LogP contribution in [0.15, 0.2) is 72.8 Å². The number of anilines is 2. The van der Waals surface area contributed by atoms with Crippen LogP contribution in [0.3, 0.4) is 0 Å². The van der Waals surface area contributed by atoms with Crippen LogP contribution in [-0.2, 0) is 4.79 Å². The smallest absolute Gasteiger partial charge is 0.321 e. The topological polar surface area (TPSA) is 90.1 Å². The van der Waals surface area contributed by atoms with Crippen molar-refractivity contribution in [1.29, 1.82) is 0 Å². The molecule has 1 aromatic heterocycles. The summed E-state index contributed by atoms with van der Waals surface area (Å²) in [6.45, 7) is 1.05. The number of amides is 3. The molecule has 3 aromatic carbocycles. The molecule has 1 fully saturated rings. The molecule has 0 radical (unpaired) electrons. The van der Waals surface area contributed by atoms with Gasteiger partial charge in [-0.3, -0.25) is 4.79 Å². The molecule has 8 heteroatoms. The van der Waals surface area contributed by atoms with Crippen LogP contribution in [0, 0.1) is 11.7 Å². The number of nitrogens with one attached hydrogen (secondary N) is 3. The van der Waals surface area contributed by atoms with Crippen molar-refractivity contribution in [3.8, 4) is 11.4 Å². The Bertz CT molecular complexity index is 1310. The van der Waals surface area contributed by atoms with E-state index in [4.69, 9.17) is 0 Å². The fourth-order valence-corrected chi connectivity index (χ4v) is 4.14. The first-order valence-corrected chi connectivity index (χ1v) is 11.2. The number of hydrogen-bond acceptors (Lipinski definition) is 3. The van der Waals surface area contributed by atoms with E-state index in [1.807, 2.05) is 48.5 Å². The number of halogens is 1. The molecule has 172 valence electrons. The Hall–Kier alpha value is -4.20. The number of imidazole rings is 1. The lowest BCUT2D eigenvalue weighted by Gasteiger charge is -2.31. The van der Waals surface area contributed by atoms with Crippen LogP contribution in [-0.4, -0.2) is 39.9 Å². The van der Waals surface area contributed by atoms with Gasteiger partial charge < -0.3 is 20.5 Å². The molecule has 1 aliphatic rings. The lowest BCUT2D eigenvalue weighted by molar-refractivity contribution is -0.121. The molecule has 2 heterocycles. The molecule has 0 atom stereocenters. The van der Waals surface area contributed by atoms with Gasteiger partial charge in [0, 0.05) is 35.9 Å². The van der Waals surface area contributed by atoms with Crippen LogP contribution in [0.2, 0.25) is 0 Å². The van der Waals surface area contributed by atoms with Gasteiger partial charge in [0.2, 0.25) is 5.91 Å². The van der Waals surface area contributed by atoms with Gasteiger partial charge in [0.1, 0.15) is 11.6 Å². The predicted octanol–water partition coefficient (Wildman–Crippen LogP) is 5.25. The molecule has 0 aliphatic carbocycles. The second-order valence-corrected chi connectivity index (χ2v) is 8.37. The summed E-state index contributed by atoms with van der Waals surface area (Å²) < 4.78 is 13.2. The molecule has 7 nitrogen and oxygen atoms in total. The fraction of sp³-hybridized carbons (Fsp3) is 0.192. The van der Waals surface area contributed by atoms with E-state index in [0.717, 1.165) is 22.3 Å². The highest BCUT2D eigenvalue weighted by molar-refractivity contribution is 5.95. The van der Waals surface area contributed by atoms with Crippen LogP contribution in [0.1, 0.15) is 12.8 Å². The number of likely N-dealkylation sites (tertiary alicyclic amines) is 1. The number of aromatic amines is 1. The second-order valence-electron chi connectivity index (χ2n) is 8.37. The number of fused-ring (bicyclic) bond motifs is 1. The van der Waals surface area contributed by atoms with Crippen LogP contribution in [0.4, 0.5) is 20.6 Å².